The van der Waals surface area contributed by atoms with Crippen molar-refractivity contribution >= 4 is 11.6 Å². The number of carbonyl (C=O) groups is 1. The standard InChI is InChI=1S/C19H19N5O3/c25-19(17-8-1-2-9-18(17)24-13-20-22-23-24)21-14-5-3-6-15(11-14)27-12-16-7-4-10-26-16/h1-3,5-6,8-9,11,13,16H,4,7,10,12H2,(H,21,25). The summed E-state index contributed by atoms with van der Waals surface area (Å²) in [6.07, 6.45) is 3.69. The Morgan fingerprint density at radius 3 is 3.00 bits per heavy atom. The molecule has 138 valence electrons. The molecule has 0 aliphatic carbocycles. The fourth-order valence-electron chi connectivity index (χ4n) is 2.96. The highest BCUT2D eigenvalue weighted by molar-refractivity contribution is 6.06. The van der Waals surface area contributed by atoms with Crippen LogP contribution in [-0.4, -0.2) is 45.4 Å². The van der Waals surface area contributed by atoms with Crippen molar-refractivity contribution in [3.05, 3.63) is 60.4 Å². The number of benzene rings is 2. The molecule has 1 aliphatic rings. The maximum atomic E-state index is 12.8. The van der Waals surface area contributed by atoms with Crippen LogP contribution in [0, 0.1) is 0 Å². The first-order valence-electron chi connectivity index (χ1n) is 8.78. The predicted octanol–water partition coefficient (Wildman–Crippen LogP) is 2.47. The maximum Gasteiger partial charge on any atom is 0.257 e. The van der Waals surface area contributed by atoms with Crippen LogP contribution in [0.3, 0.4) is 0 Å². The lowest BCUT2D eigenvalue weighted by molar-refractivity contribution is 0.0680. The molecule has 3 aromatic rings. The molecule has 4 rings (SSSR count). The number of hydrogen-bond acceptors (Lipinski definition) is 6. The van der Waals surface area contributed by atoms with E-state index in [1.807, 2.05) is 24.3 Å². The van der Waals surface area contributed by atoms with Crippen LogP contribution in [0.2, 0.25) is 0 Å². The molecule has 0 radical (unpaired) electrons. The molecule has 0 saturated carbocycles. The molecule has 1 amide bonds. The van der Waals surface area contributed by atoms with Gasteiger partial charge in [0.25, 0.3) is 5.91 Å². The van der Waals surface area contributed by atoms with E-state index < -0.39 is 0 Å². The predicted molar refractivity (Wildman–Crippen MR) is 98.0 cm³/mol. The number of rotatable bonds is 6. The lowest BCUT2D eigenvalue weighted by Gasteiger charge is -2.13. The Bertz CT molecular complexity index is 907. The maximum absolute atomic E-state index is 12.8. The average Bonchev–Trinajstić information content (AvgIpc) is 3.41. The Hall–Kier alpha value is -3.26. The van der Waals surface area contributed by atoms with Crippen molar-refractivity contribution in [3.8, 4) is 11.4 Å². The minimum atomic E-state index is -0.252. The highest BCUT2D eigenvalue weighted by atomic mass is 16.5. The van der Waals surface area contributed by atoms with Crippen LogP contribution >= 0.6 is 0 Å². The van der Waals surface area contributed by atoms with Crippen LogP contribution in [0.15, 0.2) is 54.9 Å². The molecular weight excluding hydrogens is 346 g/mol. The van der Waals surface area contributed by atoms with E-state index in [0.717, 1.165) is 19.4 Å². The fraction of sp³-hybridized carbons (Fsp3) is 0.263. The van der Waals surface area contributed by atoms with Crippen LogP contribution in [0.25, 0.3) is 5.69 Å². The van der Waals surface area contributed by atoms with Gasteiger partial charge in [0.05, 0.1) is 17.4 Å². The summed E-state index contributed by atoms with van der Waals surface area (Å²) >= 11 is 0. The largest absolute Gasteiger partial charge is 0.491 e. The van der Waals surface area contributed by atoms with E-state index >= 15 is 0 Å². The highest BCUT2D eigenvalue weighted by Crippen LogP contribution is 2.21. The molecule has 0 bridgehead atoms. The van der Waals surface area contributed by atoms with E-state index in [9.17, 15) is 4.79 Å². The number of anilines is 1. The van der Waals surface area contributed by atoms with Crippen molar-refractivity contribution in [2.24, 2.45) is 0 Å². The smallest absolute Gasteiger partial charge is 0.257 e. The zero-order chi connectivity index (χ0) is 18.5. The van der Waals surface area contributed by atoms with E-state index in [4.69, 9.17) is 9.47 Å². The topological polar surface area (TPSA) is 91.2 Å². The molecule has 1 N–H and O–H groups in total. The first-order valence-corrected chi connectivity index (χ1v) is 8.78. The first-order chi connectivity index (χ1) is 13.3. The molecule has 2 heterocycles. The zero-order valence-electron chi connectivity index (χ0n) is 14.6. The second kappa shape index (κ2) is 7.96. The van der Waals surface area contributed by atoms with Gasteiger partial charge in [-0.15, -0.1) is 5.10 Å². The lowest BCUT2D eigenvalue weighted by Crippen LogP contribution is -2.17. The molecule has 1 aliphatic heterocycles. The Morgan fingerprint density at radius 2 is 2.19 bits per heavy atom. The van der Waals surface area contributed by atoms with Crippen LogP contribution in [0.4, 0.5) is 5.69 Å². The molecule has 8 nitrogen and oxygen atoms in total. The number of tetrazole rings is 1. The third-order valence-corrected chi connectivity index (χ3v) is 4.30. The molecule has 1 aromatic heterocycles. The van der Waals surface area contributed by atoms with Gasteiger partial charge < -0.3 is 14.8 Å². The van der Waals surface area contributed by atoms with E-state index in [0.29, 0.717) is 29.3 Å². The number of nitrogens with one attached hydrogen (secondary N) is 1. The SMILES string of the molecule is O=C(Nc1cccc(OCC2CCCO2)c1)c1ccccc1-n1cnnn1. The fourth-order valence-corrected chi connectivity index (χ4v) is 2.96. The number of carbonyl (C=O) groups excluding carboxylic acids is 1. The Morgan fingerprint density at radius 1 is 1.26 bits per heavy atom. The minimum absolute atomic E-state index is 0.145. The Labute approximate surface area is 156 Å². The molecule has 27 heavy (non-hydrogen) atoms. The van der Waals surface area contributed by atoms with Crippen LogP contribution < -0.4 is 10.1 Å². The van der Waals surface area contributed by atoms with Crippen molar-refractivity contribution in [2.75, 3.05) is 18.5 Å². The minimum Gasteiger partial charge on any atom is -0.491 e. The summed E-state index contributed by atoms with van der Waals surface area (Å²) in [6.45, 7) is 1.31. The van der Waals surface area contributed by atoms with Gasteiger partial charge in [0.1, 0.15) is 18.7 Å². The third-order valence-electron chi connectivity index (χ3n) is 4.30. The highest BCUT2D eigenvalue weighted by Gasteiger charge is 2.16. The second-order valence-corrected chi connectivity index (χ2v) is 6.20. The number of hydrogen-bond donors (Lipinski definition) is 1. The second-order valence-electron chi connectivity index (χ2n) is 6.20. The van der Waals surface area contributed by atoms with Crippen LogP contribution in [-0.2, 0) is 4.74 Å². The van der Waals surface area contributed by atoms with Gasteiger partial charge in [0, 0.05) is 18.4 Å². The van der Waals surface area contributed by atoms with Crippen molar-refractivity contribution in [1.29, 1.82) is 0 Å². The third kappa shape index (κ3) is 4.12. The molecule has 1 atom stereocenters. The number of nitrogens with zero attached hydrogens (tertiary/aromatic N) is 4. The number of amides is 1. The number of aromatic nitrogens is 4. The van der Waals surface area contributed by atoms with Crippen molar-refractivity contribution < 1.29 is 14.3 Å². The monoisotopic (exact) mass is 365 g/mol. The zero-order valence-corrected chi connectivity index (χ0v) is 14.6. The normalized spacial score (nSPS) is 16.2. The molecule has 1 unspecified atom stereocenters. The van der Waals surface area contributed by atoms with Gasteiger partial charge >= 0.3 is 0 Å². The van der Waals surface area contributed by atoms with E-state index in [1.165, 1.54) is 11.0 Å². The molecular formula is C19H19N5O3. The lowest BCUT2D eigenvalue weighted by atomic mass is 10.1. The van der Waals surface area contributed by atoms with Gasteiger partial charge in [-0.05, 0) is 47.5 Å². The molecule has 2 aromatic carbocycles. The molecule has 1 saturated heterocycles. The van der Waals surface area contributed by atoms with Gasteiger partial charge in [-0.3, -0.25) is 4.79 Å². The summed E-state index contributed by atoms with van der Waals surface area (Å²) in [4.78, 5) is 12.8. The molecule has 1 fully saturated rings. The summed E-state index contributed by atoms with van der Waals surface area (Å²) < 4.78 is 12.8. The summed E-state index contributed by atoms with van der Waals surface area (Å²) in [5.41, 5.74) is 1.72. The van der Waals surface area contributed by atoms with Gasteiger partial charge in [0.2, 0.25) is 0 Å². The van der Waals surface area contributed by atoms with Crippen molar-refractivity contribution in [1.82, 2.24) is 20.2 Å². The van der Waals surface area contributed by atoms with Crippen molar-refractivity contribution in [3.63, 3.8) is 0 Å². The summed E-state index contributed by atoms with van der Waals surface area (Å²) in [5.74, 6) is 0.439. The van der Waals surface area contributed by atoms with E-state index in [1.54, 1.807) is 24.3 Å². The number of ether oxygens (including phenoxy) is 2. The van der Waals surface area contributed by atoms with Gasteiger partial charge in [-0.2, -0.15) is 4.68 Å². The van der Waals surface area contributed by atoms with Gasteiger partial charge in [-0.25, -0.2) is 0 Å². The summed E-state index contributed by atoms with van der Waals surface area (Å²) in [7, 11) is 0. The van der Waals surface area contributed by atoms with Crippen molar-refractivity contribution in [2.45, 2.75) is 18.9 Å². The van der Waals surface area contributed by atoms with Gasteiger partial charge in [0.15, 0.2) is 0 Å². The van der Waals surface area contributed by atoms with Gasteiger partial charge in [-0.1, -0.05) is 18.2 Å². The average molecular weight is 365 g/mol. The van der Waals surface area contributed by atoms with E-state index in [2.05, 4.69) is 20.8 Å². The quantitative estimate of drug-likeness (QED) is 0.722. The Balaban J connectivity index is 1.46. The van der Waals surface area contributed by atoms with Crippen LogP contribution in [0.5, 0.6) is 5.75 Å². The Kier molecular flexibility index (Phi) is 5.06. The van der Waals surface area contributed by atoms with E-state index in [-0.39, 0.29) is 12.0 Å². The number of para-hydroxylation sites is 1. The summed E-state index contributed by atoms with van der Waals surface area (Å²) in [6, 6.07) is 14.4. The molecule has 8 heteroatoms. The first kappa shape index (κ1) is 17.2. The summed E-state index contributed by atoms with van der Waals surface area (Å²) in [5, 5.41) is 14.0. The molecule has 0 spiro atoms. The van der Waals surface area contributed by atoms with Crippen LogP contribution in [0.1, 0.15) is 23.2 Å².